The first-order chi connectivity index (χ1) is 7.38. The molecule has 1 aromatic heterocycles. The van der Waals surface area contributed by atoms with E-state index in [9.17, 15) is 0 Å². The molecule has 1 aliphatic rings. The highest BCUT2D eigenvalue weighted by atomic mass is 16.5. The lowest BCUT2D eigenvalue weighted by Gasteiger charge is -2.00. The molecular formula is C12H12NO2. The third-order valence-electron chi connectivity index (χ3n) is 2.55. The Morgan fingerprint density at radius 2 is 2.40 bits per heavy atom. The van der Waals surface area contributed by atoms with Gasteiger partial charge in [0.25, 0.3) is 0 Å². The van der Waals surface area contributed by atoms with Crippen molar-refractivity contribution in [3.05, 3.63) is 24.1 Å². The summed E-state index contributed by atoms with van der Waals surface area (Å²) in [4.78, 5) is 4.44. The highest BCUT2D eigenvalue weighted by Gasteiger charge is 2.29. The maximum Gasteiger partial charge on any atom is 0.198 e. The van der Waals surface area contributed by atoms with Gasteiger partial charge < -0.3 is 9.15 Å². The van der Waals surface area contributed by atoms with Crippen LogP contribution in [0.1, 0.15) is 31.6 Å². The molecule has 0 aliphatic heterocycles. The van der Waals surface area contributed by atoms with Gasteiger partial charge in [-0.2, -0.15) is 0 Å². The molecule has 0 N–H and O–H groups in total. The average Bonchev–Trinajstić information content (AvgIpc) is 2.99. The van der Waals surface area contributed by atoms with E-state index in [1.54, 1.807) is 6.07 Å². The molecule has 1 fully saturated rings. The Kier molecular flexibility index (Phi) is 1.91. The van der Waals surface area contributed by atoms with Crippen molar-refractivity contribution < 1.29 is 9.15 Å². The fraction of sp³-hybridized carbons (Fsp3) is 0.417. The van der Waals surface area contributed by atoms with Crippen LogP contribution in [0, 0.1) is 6.07 Å². The smallest absolute Gasteiger partial charge is 0.198 e. The zero-order valence-corrected chi connectivity index (χ0v) is 8.62. The van der Waals surface area contributed by atoms with E-state index < -0.39 is 0 Å². The van der Waals surface area contributed by atoms with Crippen LogP contribution in [0.15, 0.2) is 16.5 Å². The Bertz CT molecular complexity index is 485. The van der Waals surface area contributed by atoms with E-state index in [1.807, 2.05) is 13.0 Å². The van der Waals surface area contributed by atoms with Crippen molar-refractivity contribution in [2.24, 2.45) is 0 Å². The van der Waals surface area contributed by atoms with Gasteiger partial charge in [0.05, 0.1) is 6.61 Å². The predicted molar refractivity (Wildman–Crippen MR) is 56.0 cm³/mol. The molecule has 1 heterocycles. The molecule has 0 bridgehead atoms. The number of aromatic nitrogens is 1. The van der Waals surface area contributed by atoms with Crippen molar-refractivity contribution in [1.82, 2.24) is 4.98 Å². The third kappa shape index (κ3) is 1.48. The van der Waals surface area contributed by atoms with E-state index in [1.165, 1.54) is 12.8 Å². The molecule has 0 atom stereocenters. The number of rotatable bonds is 3. The van der Waals surface area contributed by atoms with Gasteiger partial charge in [0.15, 0.2) is 17.2 Å². The summed E-state index contributed by atoms with van der Waals surface area (Å²) in [7, 11) is 0. The second-order valence-electron chi connectivity index (χ2n) is 3.79. The zero-order chi connectivity index (χ0) is 10.3. The van der Waals surface area contributed by atoms with Crippen molar-refractivity contribution in [2.45, 2.75) is 25.7 Å². The predicted octanol–water partition coefficient (Wildman–Crippen LogP) is 2.90. The van der Waals surface area contributed by atoms with Gasteiger partial charge in [0.1, 0.15) is 5.52 Å². The van der Waals surface area contributed by atoms with Crippen molar-refractivity contribution in [3.63, 3.8) is 0 Å². The van der Waals surface area contributed by atoms with Crippen molar-refractivity contribution in [2.75, 3.05) is 6.61 Å². The Morgan fingerprint density at radius 1 is 1.53 bits per heavy atom. The van der Waals surface area contributed by atoms with E-state index in [-0.39, 0.29) is 0 Å². The second-order valence-corrected chi connectivity index (χ2v) is 3.79. The molecule has 1 aliphatic carbocycles. The van der Waals surface area contributed by atoms with Crippen LogP contribution in [0.5, 0.6) is 5.75 Å². The molecule has 0 amide bonds. The lowest BCUT2D eigenvalue weighted by molar-refractivity contribution is 0.337. The van der Waals surface area contributed by atoms with Crippen molar-refractivity contribution in [3.8, 4) is 5.75 Å². The first-order valence-corrected chi connectivity index (χ1v) is 5.32. The highest BCUT2D eigenvalue weighted by molar-refractivity contribution is 5.79. The molecule has 3 nitrogen and oxygen atoms in total. The Morgan fingerprint density at radius 3 is 3.13 bits per heavy atom. The summed E-state index contributed by atoms with van der Waals surface area (Å²) < 4.78 is 11.2. The average molecular weight is 202 g/mol. The van der Waals surface area contributed by atoms with Crippen molar-refractivity contribution >= 4 is 11.1 Å². The SMILES string of the molecule is CCOc1c[c]cc2nc(C3CC3)oc12. The first-order valence-electron chi connectivity index (χ1n) is 5.32. The lowest BCUT2D eigenvalue weighted by Crippen LogP contribution is -1.90. The number of hydrogen-bond donors (Lipinski definition) is 0. The van der Waals surface area contributed by atoms with Gasteiger partial charge in [-0.3, -0.25) is 0 Å². The van der Waals surface area contributed by atoms with Gasteiger partial charge in [0, 0.05) is 5.92 Å². The summed E-state index contributed by atoms with van der Waals surface area (Å²) in [6, 6.07) is 6.65. The first kappa shape index (κ1) is 8.77. The zero-order valence-electron chi connectivity index (χ0n) is 8.62. The van der Waals surface area contributed by atoms with Crippen LogP contribution in [-0.2, 0) is 0 Å². The van der Waals surface area contributed by atoms with Gasteiger partial charge in [-0.25, -0.2) is 4.98 Å². The third-order valence-corrected chi connectivity index (χ3v) is 2.55. The summed E-state index contributed by atoms with van der Waals surface area (Å²) in [6.45, 7) is 2.59. The normalized spacial score (nSPS) is 15.8. The number of nitrogens with zero attached hydrogens (tertiary/aromatic N) is 1. The van der Waals surface area contributed by atoms with Gasteiger partial charge in [0.2, 0.25) is 0 Å². The quantitative estimate of drug-likeness (QED) is 0.767. The van der Waals surface area contributed by atoms with E-state index in [2.05, 4.69) is 11.1 Å². The van der Waals surface area contributed by atoms with Gasteiger partial charge >= 0.3 is 0 Å². The number of oxazole rings is 1. The summed E-state index contributed by atoms with van der Waals surface area (Å²) in [5.74, 6) is 2.13. The van der Waals surface area contributed by atoms with Crippen LogP contribution >= 0.6 is 0 Å². The van der Waals surface area contributed by atoms with E-state index in [0.29, 0.717) is 12.5 Å². The van der Waals surface area contributed by atoms with Gasteiger partial charge in [-0.1, -0.05) is 0 Å². The van der Waals surface area contributed by atoms with E-state index in [0.717, 1.165) is 22.7 Å². The molecule has 0 saturated heterocycles. The monoisotopic (exact) mass is 202 g/mol. The summed E-state index contributed by atoms with van der Waals surface area (Å²) in [5, 5.41) is 0. The van der Waals surface area contributed by atoms with Crippen molar-refractivity contribution in [1.29, 1.82) is 0 Å². The second kappa shape index (κ2) is 3.26. The Hall–Kier alpha value is -1.51. The van der Waals surface area contributed by atoms with Crippen LogP contribution in [0.2, 0.25) is 0 Å². The van der Waals surface area contributed by atoms with Gasteiger partial charge in [-0.15, -0.1) is 0 Å². The van der Waals surface area contributed by atoms with E-state index >= 15 is 0 Å². The molecule has 1 aromatic carbocycles. The molecule has 77 valence electrons. The highest BCUT2D eigenvalue weighted by Crippen LogP contribution is 2.41. The summed E-state index contributed by atoms with van der Waals surface area (Å²) >= 11 is 0. The molecule has 0 unspecified atom stereocenters. The minimum absolute atomic E-state index is 0.534. The minimum atomic E-state index is 0.534. The lowest BCUT2D eigenvalue weighted by atomic mass is 10.3. The Balaban J connectivity index is 2.11. The topological polar surface area (TPSA) is 35.3 Å². The Labute approximate surface area is 88.1 Å². The molecule has 3 rings (SSSR count). The maximum absolute atomic E-state index is 5.72. The van der Waals surface area contributed by atoms with Crippen LogP contribution in [0.25, 0.3) is 11.1 Å². The molecule has 1 saturated carbocycles. The largest absolute Gasteiger partial charge is 0.490 e. The van der Waals surface area contributed by atoms with Gasteiger partial charge in [-0.05, 0) is 38.0 Å². The van der Waals surface area contributed by atoms with Crippen LogP contribution in [-0.4, -0.2) is 11.6 Å². The molecule has 15 heavy (non-hydrogen) atoms. The standard InChI is InChI=1S/C12H12NO2/c1-2-14-10-5-3-4-9-11(10)15-12(13-9)8-6-7-8/h4-5,8H,2,6-7H2,1H3. The van der Waals surface area contributed by atoms with E-state index in [4.69, 9.17) is 9.15 Å². The fourth-order valence-electron chi connectivity index (χ4n) is 1.65. The number of benzene rings is 1. The molecule has 2 aromatic rings. The van der Waals surface area contributed by atoms with Crippen LogP contribution in [0.4, 0.5) is 0 Å². The molecule has 3 heteroatoms. The number of fused-ring (bicyclic) bond motifs is 1. The summed E-state index contributed by atoms with van der Waals surface area (Å²) in [6.07, 6.45) is 2.39. The minimum Gasteiger partial charge on any atom is -0.490 e. The molecule has 0 spiro atoms. The maximum atomic E-state index is 5.72. The fourth-order valence-corrected chi connectivity index (χ4v) is 1.65. The number of hydrogen-bond acceptors (Lipinski definition) is 3. The molecule has 1 radical (unpaired) electrons. The van der Waals surface area contributed by atoms with Crippen LogP contribution < -0.4 is 4.74 Å². The summed E-state index contributed by atoms with van der Waals surface area (Å²) in [5.41, 5.74) is 1.61. The number of ether oxygens (including phenoxy) is 1. The van der Waals surface area contributed by atoms with Crippen LogP contribution in [0.3, 0.4) is 0 Å². The molecular weight excluding hydrogens is 190 g/mol.